The highest BCUT2D eigenvalue weighted by atomic mass is 35.5. The maximum Gasteiger partial charge on any atom is 0.120 e. The fourth-order valence-electron chi connectivity index (χ4n) is 0.918. The minimum absolute atomic E-state index is 0.330. The maximum absolute atomic E-state index is 5.79. The molecule has 2 N–H and O–H groups in total. The number of benzene rings is 1. The van der Waals surface area contributed by atoms with E-state index in [9.17, 15) is 0 Å². The molecule has 0 saturated heterocycles. The summed E-state index contributed by atoms with van der Waals surface area (Å²) in [4.78, 5) is 4.47. The number of nitrogens with two attached hydrogens (primary N) is 1. The molecule has 0 spiro atoms. The summed E-state index contributed by atoms with van der Waals surface area (Å²) in [6.45, 7) is 0.330. The monoisotopic (exact) mass is 187 g/mol. The SMILES string of the molecule is COc1cc(Cl)cc(CON)c1. The van der Waals surface area contributed by atoms with E-state index < -0.39 is 0 Å². The summed E-state index contributed by atoms with van der Waals surface area (Å²) in [7, 11) is 1.58. The van der Waals surface area contributed by atoms with Crippen LogP contribution in [0.3, 0.4) is 0 Å². The lowest BCUT2D eigenvalue weighted by Crippen LogP contribution is -1.99. The number of hydrogen-bond acceptors (Lipinski definition) is 3. The second-order valence-electron chi connectivity index (χ2n) is 2.31. The van der Waals surface area contributed by atoms with E-state index >= 15 is 0 Å². The first-order valence-corrected chi connectivity index (χ1v) is 3.79. The highest BCUT2D eigenvalue weighted by Gasteiger charge is 1.98. The van der Waals surface area contributed by atoms with E-state index in [0.717, 1.165) is 5.56 Å². The van der Waals surface area contributed by atoms with E-state index in [1.807, 2.05) is 6.07 Å². The van der Waals surface area contributed by atoms with Gasteiger partial charge in [-0.15, -0.1) is 0 Å². The van der Waals surface area contributed by atoms with Crippen LogP contribution < -0.4 is 10.6 Å². The molecule has 3 nitrogen and oxygen atoms in total. The van der Waals surface area contributed by atoms with Crippen LogP contribution in [0.5, 0.6) is 5.75 Å². The standard InChI is InChI=1S/C8H10ClNO2/c1-11-8-3-6(5-12-10)2-7(9)4-8/h2-4H,5,10H2,1H3. The Bertz CT molecular complexity index is 265. The second-order valence-corrected chi connectivity index (χ2v) is 2.75. The second kappa shape index (κ2) is 4.30. The summed E-state index contributed by atoms with van der Waals surface area (Å²) < 4.78 is 5.00. The van der Waals surface area contributed by atoms with Crippen molar-refractivity contribution in [2.75, 3.05) is 7.11 Å². The molecule has 1 aromatic rings. The van der Waals surface area contributed by atoms with Crippen molar-refractivity contribution < 1.29 is 9.57 Å². The smallest absolute Gasteiger partial charge is 0.120 e. The highest BCUT2D eigenvalue weighted by Crippen LogP contribution is 2.20. The number of ether oxygens (including phenoxy) is 1. The Morgan fingerprint density at radius 1 is 1.42 bits per heavy atom. The Kier molecular flexibility index (Phi) is 3.34. The first-order valence-electron chi connectivity index (χ1n) is 3.41. The number of halogens is 1. The number of rotatable bonds is 3. The molecule has 0 amide bonds. The molecule has 0 aromatic heterocycles. The van der Waals surface area contributed by atoms with Gasteiger partial charge < -0.3 is 4.74 Å². The lowest BCUT2D eigenvalue weighted by Gasteiger charge is -2.03. The minimum Gasteiger partial charge on any atom is -0.497 e. The minimum atomic E-state index is 0.330. The van der Waals surface area contributed by atoms with Gasteiger partial charge in [0, 0.05) is 5.02 Å². The Balaban J connectivity index is 2.90. The summed E-state index contributed by atoms with van der Waals surface area (Å²) >= 11 is 5.79. The largest absolute Gasteiger partial charge is 0.497 e. The molecule has 0 aliphatic carbocycles. The zero-order chi connectivity index (χ0) is 8.97. The van der Waals surface area contributed by atoms with Gasteiger partial charge in [-0.25, -0.2) is 5.90 Å². The van der Waals surface area contributed by atoms with Gasteiger partial charge in [-0.2, -0.15) is 0 Å². The van der Waals surface area contributed by atoms with Crippen molar-refractivity contribution in [3.8, 4) is 5.75 Å². The van der Waals surface area contributed by atoms with Gasteiger partial charge in [0.2, 0.25) is 0 Å². The molecule has 0 heterocycles. The molecular weight excluding hydrogens is 178 g/mol. The molecule has 12 heavy (non-hydrogen) atoms. The maximum atomic E-state index is 5.79. The molecule has 0 atom stereocenters. The summed E-state index contributed by atoms with van der Waals surface area (Å²) in [5, 5.41) is 0.612. The zero-order valence-corrected chi connectivity index (χ0v) is 7.47. The highest BCUT2D eigenvalue weighted by molar-refractivity contribution is 6.30. The molecule has 0 fully saturated rings. The van der Waals surface area contributed by atoms with Gasteiger partial charge in [-0.3, -0.25) is 4.84 Å². The fourth-order valence-corrected chi connectivity index (χ4v) is 1.17. The van der Waals surface area contributed by atoms with Crippen molar-refractivity contribution in [3.63, 3.8) is 0 Å². The molecule has 4 heteroatoms. The third kappa shape index (κ3) is 2.37. The molecule has 0 bridgehead atoms. The van der Waals surface area contributed by atoms with Crippen LogP contribution in [0.25, 0.3) is 0 Å². The zero-order valence-electron chi connectivity index (χ0n) is 6.71. The molecule has 1 rings (SSSR count). The summed E-state index contributed by atoms with van der Waals surface area (Å²) in [6.07, 6.45) is 0. The van der Waals surface area contributed by atoms with Gasteiger partial charge in [0.15, 0.2) is 0 Å². The van der Waals surface area contributed by atoms with E-state index in [2.05, 4.69) is 4.84 Å². The average Bonchev–Trinajstić information content (AvgIpc) is 2.04. The fraction of sp³-hybridized carbons (Fsp3) is 0.250. The summed E-state index contributed by atoms with van der Waals surface area (Å²) in [5.74, 6) is 5.62. The first-order chi connectivity index (χ1) is 5.76. The number of methoxy groups -OCH3 is 1. The lowest BCUT2D eigenvalue weighted by molar-refractivity contribution is 0.124. The van der Waals surface area contributed by atoms with Crippen molar-refractivity contribution in [2.24, 2.45) is 5.90 Å². The third-order valence-corrected chi connectivity index (χ3v) is 1.64. The molecule has 0 aliphatic heterocycles. The average molecular weight is 188 g/mol. The topological polar surface area (TPSA) is 44.5 Å². The molecule has 0 radical (unpaired) electrons. The van der Waals surface area contributed by atoms with Crippen LogP contribution in [0.1, 0.15) is 5.56 Å². The Labute approximate surface area is 76.0 Å². The normalized spacial score (nSPS) is 9.92. The molecule has 0 saturated carbocycles. The molecule has 1 aromatic carbocycles. The van der Waals surface area contributed by atoms with Gasteiger partial charge in [0.25, 0.3) is 0 Å². The third-order valence-electron chi connectivity index (χ3n) is 1.42. The van der Waals surface area contributed by atoms with Gasteiger partial charge in [-0.05, 0) is 23.8 Å². The first kappa shape index (κ1) is 9.32. The predicted molar refractivity (Wildman–Crippen MR) is 47.0 cm³/mol. The van der Waals surface area contributed by atoms with Crippen molar-refractivity contribution in [2.45, 2.75) is 6.61 Å². The quantitative estimate of drug-likeness (QED) is 0.734. The van der Waals surface area contributed by atoms with Crippen LogP contribution in [0.15, 0.2) is 18.2 Å². The molecule has 0 aliphatic rings. The summed E-state index contributed by atoms with van der Waals surface area (Å²) in [5.41, 5.74) is 0.891. The van der Waals surface area contributed by atoms with Crippen LogP contribution in [0, 0.1) is 0 Å². The van der Waals surface area contributed by atoms with Crippen LogP contribution in [0.4, 0.5) is 0 Å². The van der Waals surface area contributed by atoms with E-state index in [0.29, 0.717) is 17.4 Å². The van der Waals surface area contributed by atoms with E-state index in [4.69, 9.17) is 22.2 Å². The van der Waals surface area contributed by atoms with Gasteiger partial charge in [0.1, 0.15) is 5.75 Å². The number of hydrogen-bond donors (Lipinski definition) is 1. The van der Waals surface area contributed by atoms with E-state index in [-0.39, 0.29) is 0 Å². The molecule has 66 valence electrons. The van der Waals surface area contributed by atoms with Crippen LogP contribution >= 0.6 is 11.6 Å². The van der Waals surface area contributed by atoms with Crippen molar-refractivity contribution >= 4 is 11.6 Å². The lowest BCUT2D eigenvalue weighted by atomic mass is 10.2. The van der Waals surface area contributed by atoms with Crippen molar-refractivity contribution in [1.29, 1.82) is 0 Å². The Hall–Kier alpha value is -0.770. The predicted octanol–water partition coefficient (Wildman–Crippen LogP) is 1.74. The van der Waals surface area contributed by atoms with E-state index in [1.54, 1.807) is 19.2 Å². The van der Waals surface area contributed by atoms with Gasteiger partial charge in [0.05, 0.1) is 13.7 Å². The van der Waals surface area contributed by atoms with Gasteiger partial charge in [-0.1, -0.05) is 11.6 Å². The Morgan fingerprint density at radius 3 is 2.75 bits per heavy atom. The van der Waals surface area contributed by atoms with Crippen LogP contribution in [-0.4, -0.2) is 7.11 Å². The molecular formula is C8H10ClNO2. The van der Waals surface area contributed by atoms with Crippen molar-refractivity contribution in [1.82, 2.24) is 0 Å². The van der Waals surface area contributed by atoms with Crippen LogP contribution in [0.2, 0.25) is 5.02 Å². The molecule has 0 unspecified atom stereocenters. The summed E-state index contributed by atoms with van der Waals surface area (Å²) in [6, 6.07) is 5.32. The van der Waals surface area contributed by atoms with Crippen LogP contribution in [-0.2, 0) is 11.4 Å². The van der Waals surface area contributed by atoms with E-state index in [1.165, 1.54) is 0 Å². The van der Waals surface area contributed by atoms with Crippen molar-refractivity contribution in [3.05, 3.63) is 28.8 Å². The Morgan fingerprint density at radius 2 is 2.17 bits per heavy atom. The van der Waals surface area contributed by atoms with Gasteiger partial charge >= 0.3 is 0 Å².